The highest BCUT2D eigenvalue weighted by molar-refractivity contribution is 5.69. The summed E-state index contributed by atoms with van der Waals surface area (Å²) in [7, 11) is 0. The second kappa shape index (κ2) is 7.91. The molecule has 0 aromatic rings. The molecule has 1 heterocycles. The van der Waals surface area contributed by atoms with Crippen LogP contribution < -0.4 is 0 Å². The minimum Gasteiger partial charge on any atom is -0.456 e. The van der Waals surface area contributed by atoms with E-state index in [4.69, 9.17) is 23.7 Å². The molecule has 0 aromatic heterocycles. The van der Waals surface area contributed by atoms with Crippen LogP contribution in [0.2, 0.25) is 0 Å². The average Bonchev–Trinajstić information content (AvgIpc) is 2.36. The van der Waals surface area contributed by atoms with Gasteiger partial charge in [0.15, 0.2) is 12.2 Å². The van der Waals surface area contributed by atoms with Crippen molar-refractivity contribution >= 4 is 23.9 Å². The Morgan fingerprint density at radius 2 is 1.04 bits per heavy atom. The van der Waals surface area contributed by atoms with Crippen LogP contribution >= 0.6 is 0 Å². The molecular weight excluding hydrogens is 312 g/mol. The Labute approximate surface area is 133 Å². The second-order valence-electron chi connectivity index (χ2n) is 5.04. The fourth-order valence-electron chi connectivity index (χ4n) is 2.23. The zero-order chi connectivity index (χ0) is 17.7. The minimum absolute atomic E-state index is 0.630. The lowest BCUT2D eigenvalue weighted by Crippen LogP contribution is -2.61. The first-order chi connectivity index (χ1) is 10.6. The van der Waals surface area contributed by atoms with E-state index in [1.165, 1.54) is 6.92 Å². The quantitative estimate of drug-likeness (QED) is 0.521. The van der Waals surface area contributed by atoms with Crippen LogP contribution in [0.15, 0.2) is 0 Å². The molecule has 1 aliphatic rings. The molecule has 9 heteroatoms. The Hall–Kier alpha value is -2.16. The molecule has 1 fully saturated rings. The molecule has 0 amide bonds. The third-order valence-corrected chi connectivity index (χ3v) is 2.92. The van der Waals surface area contributed by atoms with E-state index in [1.807, 2.05) is 0 Å². The van der Waals surface area contributed by atoms with E-state index in [1.54, 1.807) is 6.92 Å². The summed E-state index contributed by atoms with van der Waals surface area (Å²) in [6.45, 7) is 6.16. The first kappa shape index (κ1) is 18.9. The predicted molar refractivity (Wildman–Crippen MR) is 72.8 cm³/mol. The summed E-state index contributed by atoms with van der Waals surface area (Å²) in [6.07, 6.45) is -5.51. The number of ether oxygens (including phenoxy) is 5. The Morgan fingerprint density at radius 1 is 0.652 bits per heavy atom. The van der Waals surface area contributed by atoms with E-state index in [0.29, 0.717) is 0 Å². The lowest BCUT2D eigenvalue weighted by molar-refractivity contribution is -0.292. The van der Waals surface area contributed by atoms with Crippen molar-refractivity contribution in [2.45, 2.75) is 65.3 Å². The molecule has 130 valence electrons. The fourth-order valence-corrected chi connectivity index (χ4v) is 2.23. The standard InChI is InChI=1S/C14H20O9/c1-6-11(20-7(2)15)12(21-8(3)16)13(22-9(4)17)14(19-6)23-10(5)18/h6,11-14H,1-5H3/t6?,11-,12?,13?,14+/m1/s1. The molecule has 0 saturated carbocycles. The van der Waals surface area contributed by atoms with Crippen molar-refractivity contribution in [2.24, 2.45) is 0 Å². The van der Waals surface area contributed by atoms with Gasteiger partial charge in [-0.1, -0.05) is 0 Å². The molecule has 0 aliphatic carbocycles. The number of carbonyl (C=O) groups is 4. The van der Waals surface area contributed by atoms with E-state index in [9.17, 15) is 19.2 Å². The number of hydrogen-bond donors (Lipinski definition) is 0. The maximum atomic E-state index is 11.4. The third-order valence-electron chi connectivity index (χ3n) is 2.92. The second-order valence-corrected chi connectivity index (χ2v) is 5.04. The van der Waals surface area contributed by atoms with Gasteiger partial charge in [0.25, 0.3) is 0 Å². The lowest BCUT2D eigenvalue weighted by Gasteiger charge is -2.42. The molecule has 0 N–H and O–H groups in total. The van der Waals surface area contributed by atoms with Gasteiger partial charge in [0.2, 0.25) is 12.4 Å². The van der Waals surface area contributed by atoms with Crippen molar-refractivity contribution in [3.8, 4) is 0 Å². The highest BCUT2D eigenvalue weighted by Crippen LogP contribution is 2.29. The number of hydrogen-bond acceptors (Lipinski definition) is 9. The van der Waals surface area contributed by atoms with Crippen LogP contribution in [0, 0.1) is 0 Å². The molecule has 1 aliphatic heterocycles. The van der Waals surface area contributed by atoms with Crippen LogP contribution in [-0.4, -0.2) is 54.6 Å². The van der Waals surface area contributed by atoms with Crippen molar-refractivity contribution in [1.29, 1.82) is 0 Å². The van der Waals surface area contributed by atoms with Gasteiger partial charge in [0.1, 0.15) is 0 Å². The molecule has 0 bridgehead atoms. The summed E-state index contributed by atoms with van der Waals surface area (Å²) in [5.74, 6) is -2.69. The smallest absolute Gasteiger partial charge is 0.305 e. The molecule has 5 atom stereocenters. The SMILES string of the molecule is CC(=O)OC1C(OC(C)=O)[C@H](OC(C)=O)C(C)O[C@H]1OC(C)=O. The Morgan fingerprint density at radius 3 is 1.48 bits per heavy atom. The molecule has 1 saturated heterocycles. The van der Waals surface area contributed by atoms with Crippen LogP contribution in [0.3, 0.4) is 0 Å². The summed E-state index contributed by atoms with van der Waals surface area (Å²) < 4.78 is 25.7. The predicted octanol–water partition coefficient (Wildman–Crippen LogP) is 0.0894. The monoisotopic (exact) mass is 332 g/mol. The number of carbonyl (C=O) groups excluding carboxylic acids is 4. The van der Waals surface area contributed by atoms with Gasteiger partial charge in [-0.05, 0) is 6.92 Å². The van der Waals surface area contributed by atoms with Crippen molar-refractivity contribution in [3.63, 3.8) is 0 Å². The summed E-state index contributed by atoms with van der Waals surface area (Å²) in [6, 6.07) is 0. The van der Waals surface area contributed by atoms with Crippen molar-refractivity contribution in [2.75, 3.05) is 0 Å². The fraction of sp³-hybridized carbons (Fsp3) is 0.714. The molecular formula is C14H20O9. The van der Waals surface area contributed by atoms with Crippen molar-refractivity contribution < 1.29 is 42.9 Å². The Balaban J connectivity index is 3.15. The Bertz CT molecular complexity index is 487. The van der Waals surface area contributed by atoms with E-state index in [2.05, 4.69) is 0 Å². The minimum atomic E-state index is -1.29. The first-order valence-electron chi connectivity index (χ1n) is 6.96. The van der Waals surface area contributed by atoms with Gasteiger partial charge in [-0.25, -0.2) is 0 Å². The largest absolute Gasteiger partial charge is 0.456 e. The molecule has 0 radical (unpaired) electrons. The summed E-state index contributed by atoms with van der Waals surface area (Å²) in [5, 5.41) is 0. The summed E-state index contributed by atoms with van der Waals surface area (Å²) in [4.78, 5) is 45.1. The van der Waals surface area contributed by atoms with Gasteiger partial charge in [0.05, 0.1) is 6.10 Å². The molecule has 23 heavy (non-hydrogen) atoms. The molecule has 3 unspecified atom stereocenters. The lowest BCUT2D eigenvalue weighted by atomic mass is 9.99. The average molecular weight is 332 g/mol. The summed E-state index contributed by atoms with van der Waals surface area (Å²) >= 11 is 0. The van der Waals surface area contributed by atoms with Gasteiger partial charge < -0.3 is 23.7 Å². The topological polar surface area (TPSA) is 114 Å². The zero-order valence-corrected chi connectivity index (χ0v) is 13.6. The Kier molecular flexibility index (Phi) is 6.49. The first-order valence-corrected chi connectivity index (χ1v) is 6.96. The molecule has 0 aromatic carbocycles. The van der Waals surface area contributed by atoms with Crippen LogP contribution in [0.4, 0.5) is 0 Å². The normalized spacial score (nSPS) is 30.0. The van der Waals surface area contributed by atoms with Gasteiger partial charge in [0, 0.05) is 27.7 Å². The van der Waals surface area contributed by atoms with E-state index in [-0.39, 0.29) is 0 Å². The zero-order valence-electron chi connectivity index (χ0n) is 13.6. The maximum Gasteiger partial charge on any atom is 0.305 e. The van der Waals surface area contributed by atoms with Gasteiger partial charge in [-0.3, -0.25) is 19.2 Å². The van der Waals surface area contributed by atoms with Crippen molar-refractivity contribution in [3.05, 3.63) is 0 Å². The van der Waals surface area contributed by atoms with E-state index >= 15 is 0 Å². The molecule has 9 nitrogen and oxygen atoms in total. The highest BCUT2D eigenvalue weighted by atomic mass is 16.7. The van der Waals surface area contributed by atoms with Crippen molar-refractivity contribution in [1.82, 2.24) is 0 Å². The van der Waals surface area contributed by atoms with Crippen LogP contribution in [0.1, 0.15) is 34.6 Å². The highest BCUT2D eigenvalue weighted by Gasteiger charge is 2.51. The van der Waals surface area contributed by atoms with Crippen LogP contribution in [-0.2, 0) is 42.9 Å². The van der Waals surface area contributed by atoms with Gasteiger partial charge >= 0.3 is 23.9 Å². The number of esters is 4. The van der Waals surface area contributed by atoms with Crippen LogP contribution in [0.25, 0.3) is 0 Å². The van der Waals surface area contributed by atoms with Gasteiger partial charge in [-0.15, -0.1) is 0 Å². The third kappa shape index (κ3) is 5.51. The molecule has 0 spiro atoms. The van der Waals surface area contributed by atoms with Gasteiger partial charge in [-0.2, -0.15) is 0 Å². The van der Waals surface area contributed by atoms with Crippen LogP contribution in [0.5, 0.6) is 0 Å². The summed E-state index contributed by atoms with van der Waals surface area (Å²) in [5.41, 5.74) is 0. The van der Waals surface area contributed by atoms with E-state index in [0.717, 1.165) is 20.8 Å². The number of rotatable bonds is 4. The maximum absolute atomic E-state index is 11.4. The molecule has 1 rings (SSSR count). The van der Waals surface area contributed by atoms with E-state index < -0.39 is 54.6 Å².